The molecule has 1 aromatic heterocycles. The quantitative estimate of drug-likeness (QED) is 0.652. The molecular formula is C15H19N3O2S. The molecule has 0 aliphatic heterocycles. The first-order chi connectivity index (χ1) is 10.1. The molecule has 0 fully saturated rings. The average Bonchev–Trinajstić information content (AvgIpc) is 2.91. The van der Waals surface area contributed by atoms with Crippen molar-refractivity contribution in [3.63, 3.8) is 0 Å². The number of benzene rings is 1. The molecule has 0 saturated carbocycles. The van der Waals surface area contributed by atoms with E-state index in [1.54, 1.807) is 17.8 Å². The molecule has 0 aliphatic rings. The van der Waals surface area contributed by atoms with Gasteiger partial charge in [-0.25, -0.2) is 4.79 Å². The Balaban J connectivity index is 2.21. The molecule has 1 unspecified atom stereocenters. The number of hydrogen-bond acceptors (Lipinski definition) is 5. The molecule has 0 bridgehead atoms. The highest BCUT2D eigenvalue weighted by Gasteiger charge is 2.37. The highest BCUT2D eigenvalue weighted by molar-refractivity contribution is 7.99. The molecule has 0 saturated heterocycles. The van der Waals surface area contributed by atoms with Gasteiger partial charge in [0.25, 0.3) is 0 Å². The minimum atomic E-state index is -1.17. The summed E-state index contributed by atoms with van der Waals surface area (Å²) in [6.45, 7) is 2.08. The van der Waals surface area contributed by atoms with Crippen LogP contribution in [0.1, 0.15) is 12.5 Å². The van der Waals surface area contributed by atoms with Gasteiger partial charge in [-0.15, -0.1) is 11.8 Å². The molecule has 112 valence electrons. The van der Waals surface area contributed by atoms with Crippen molar-refractivity contribution in [1.29, 1.82) is 0 Å². The molecule has 1 atom stereocenters. The van der Waals surface area contributed by atoms with Crippen molar-refractivity contribution < 1.29 is 9.53 Å². The van der Waals surface area contributed by atoms with Crippen LogP contribution in [0, 0.1) is 0 Å². The van der Waals surface area contributed by atoms with Gasteiger partial charge < -0.3 is 10.5 Å². The van der Waals surface area contributed by atoms with Crippen molar-refractivity contribution in [1.82, 2.24) is 9.78 Å². The lowest BCUT2D eigenvalue weighted by Gasteiger charge is -2.27. The van der Waals surface area contributed by atoms with Crippen molar-refractivity contribution >= 4 is 17.7 Å². The van der Waals surface area contributed by atoms with Crippen molar-refractivity contribution in [3.8, 4) is 0 Å². The van der Waals surface area contributed by atoms with Crippen LogP contribution in [0.4, 0.5) is 0 Å². The summed E-state index contributed by atoms with van der Waals surface area (Å²) in [7, 11) is 1.85. The molecular weight excluding hydrogens is 286 g/mol. The number of hydrogen-bond donors (Lipinski definition) is 1. The van der Waals surface area contributed by atoms with Gasteiger partial charge in [-0.05, 0) is 12.5 Å². The zero-order valence-corrected chi connectivity index (χ0v) is 13.0. The van der Waals surface area contributed by atoms with Crippen LogP contribution in [0.15, 0.2) is 47.6 Å². The van der Waals surface area contributed by atoms with Crippen molar-refractivity contribution in [2.24, 2.45) is 12.8 Å². The van der Waals surface area contributed by atoms with Crippen molar-refractivity contribution in [2.45, 2.75) is 17.4 Å². The second-order valence-electron chi connectivity index (χ2n) is 4.70. The van der Waals surface area contributed by atoms with Gasteiger partial charge in [-0.3, -0.25) is 4.68 Å². The second-order valence-corrected chi connectivity index (χ2v) is 5.74. The number of ether oxygens (including phenoxy) is 1. The summed E-state index contributed by atoms with van der Waals surface area (Å²) in [5.41, 5.74) is 5.96. The van der Waals surface area contributed by atoms with Crippen LogP contribution in [0.5, 0.6) is 0 Å². The van der Waals surface area contributed by atoms with E-state index in [2.05, 4.69) is 5.10 Å². The highest BCUT2D eigenvalue weighted by atomic mass is 32.2. The van der Waals surface area contributed by atoms with E-state index in [0.29, 0.717) is 12.4 Å². The molecule has 0 aliphatic carbocycles. The molecule has 6 heteroatoms. The Morgan fingerprint density at radius 1 is 1.43 bits per heavy atom. The summed E-state index contributed by atoms with van der Waals surface area (Å²) in [5, 5.41) is 4.11. The monoisotopic (exact) mass is 305 g/mol. The molecule has 21 heavy (non-hydrogen) atoms. The maximum absolute atomic E-state index is 12.3. The number of esters is 1. The van der Waals surface area contributed by atoms with Gasteiger partial charge in [0.15, 0.2) is 0 Å². The minimum absolute atomic E-state index is 0.308. The molecule has 2 N–H and O–H groups in total. The standard InChI is InChI=1S/C15H19N3O2S/c1-3-20-14(19)15(16,12-7-5-4-6-8-12)11-21-13-9-17-18(2)10-13/h4-10H,3,11,16H2,1-2H3. The number of carbonyl (C=O) groups excluding carboxylic acids is 1. The van der Waals surface area contributed by atoms with Crippen LogP contribution >= 0.6 is 11.8 Å². The summed E-state index contributed by atoms with van der Waals surface area (Å²) >= 11 is 1.49. The van der Waals surface area contributed by atoms with E-state index < -0.39 is 11.5 Å². The Morgan fingerprint density at radius 2 is 2.14 bits per heavy atom. The predicted octanol–water partition coefficient (Wildman–Crippen LogP) is 1.93. The Labute approximate surface area is 128 Å². The number of carbonyl (C=O) groups is 1. The largest absolute Gasteiger partial charge is 0.464 e. The molecule has 2 rings (SSSR count). The van der Waals surface area contributed by atoms with E-state index in [1.165, 1.54) is 11.8 Å². The van der Waals surface area contributed by atoms with E-state index in [4.69, 9.17) is 10.5 Å². The first-order valence-corrected chi connectivity index (χ1v) is 7.68. The lowest BCUT2D eigenvalue weighted by atomic mass is 9.93. The van der Waals surface area contributed by atoms with E-state index in [0.717, 1.165) is 10.5 Å². The highest BCUT2D eigenvalue weighted by Crippen LogP contribution is 2.28. The summed E-state index contributed by atoms with van der Waals surface area (Å²) < 4.78 is 6.87. The van der Waals surface area contributed by atoms with Gasteiger partial charge in [0.1, 0.15) is 5.54 Å². The number of aromatic nitrogens is 2. The minimum Gasteiger partial charge on any atom is -0.464 e. The van der Waals surface area contributed by atoms with E-state index in [-0.39, 0.29) is 0 Å². The van der Waals surface area contributed by atoms with Crippen LogP contribution < -0.4 is 5.73 Å². The zero-order chi connectivity index (χ0) is 15.3. The van der Waals surface area contributed by atoms with Crippen LogP contribution in [0.2, 0.25) is 0 Å². The summed E-state index contributed by atoms with van der Waals surface area (Å²) in [6, 6.07) is 9.32. The summed E-state index contributed by atoms with van der Waals surface area (Å²) in [4.78, 5) is 13.3. The lowest BCUT2D eigenvalue weighted by Crippen LogP contribution is -2.48. The maximum Gasteiger partial charge on any atom is 0.331 e. The fourth-order valence-electron chi connectivity index (χ4n) is 1.93. The van der Waals surface area contributed by atoms with E-state index >= 15 is 0 Å². The molecule has 1 heterocycles. The molecule has 2 aromatic rings. The Bertz CT molecular complexity index is 600. The zero-order valence-electron chi connectivity index (χ0n) is 12.2. The number of thioether (sulfide) groups is 1. The Morgan fingerprint density at radius 3 is 2.71 bits per heavy atom. The molecule has 0 radical (unpaired) electrons. The van der Waals surface area contributed by atoms with Crippen LogP contribution in [0.25, 0.3) is 0 Å². The van der Waals surface area contributed by atoms with Crippen LogP contribution in [-0.4, -0.2) is 28.1 Å². The van der Waals surface area contributed by atoms with E-state index in [9.17, 15) is 4.79 Å². The topological polar surface area (TPSA) is 70.1 Å². The number of rotatable bonds is 6. The third-order valence-corrected chi connectivity index (χ3v) is 4.22. The molecule has 5 nitrogen and oxygen atoms in total. The summed E-state index contributed by atoms with van der Waals surface area (Å²) in [6.07, 6.45) is 3.64. The number of nitrogens with two attached hydrogens (primary N) is 1. The predicted molar refractivity (Wildman–Crippen MR) is 82.9 cm³/mol. The normalized spacial score (nSPS) is 13.7. The van der Waals surface area contributed by atoms with Crippen LogP contribution in [0.3, 0.4) is 0 Å². The fraction of sp³-hybridized carbons (Fsp3) is 0.333. The number of nitrogens with zero attached hydrogens (tertiary/aromatic N) is 2. The maximum atomic E-state index is 12.3. The van der Waals surface area contributed by atoms with Gasteiger partial charge in [0, 0.05) is 23.9 Å². The third kappa shape index (κ3) is 3.65. The first-order valence-electron chi connectivity index (χ1n) is 6.69. The van der Waals surface area contributed by atoms with Gasteiger partial charge in [0.05, 0.1) is 12.8 Å². The Kier molecular flexibility index (Phi) is 5.03. The third-order valence-electron chi connectivity index (χ3n) is 3.08. The van der Waals surface area contributed by atoms with Gasteiger partial charge in [-0.2, -0.15) is 5.10 Å². The lowest BCUT2D eigenvalue weighted by molar-refractivity contribution is -0.149. The molecule has 1 aromatic carbocycles. The smallest absolute Gasteiger partial charge is 0.331 e. The Hall–Kier alpha value is -1.79. The second kappa shape index (κ2) is 6.78. The summed E-state index contributed by atoms with van der Waals surface area (Å²) in [5.74, 6) is -0.0192. The SMILES string of the molecule is CCOC(=O)C(N)(CSc1cnn(C)c1)c1ccccc1. The van der Waals surface area contributed by atoms with Gasteiger partial charge in [0.2, 0.25) is 0 Å². The van der Waals surface area contributed by atoms with Crippen LogP contribution in [-0.2, 0) is 22.1 Å². The van der Waals surface area contributed by atoms with Gasteiger partial charge >= 0.3 is 5.97 Å². The fourth-order valence-corrected chi connectivity index (χ4v) is 2.95. The average molecular weight is 305 g/mol. The number of aryl methyl sites for hydroxylation is 1. The molecule has 0 spiro atoms. The van der Waals surface area contributed by atoms with Gasteiger partial charge in [-0.1, -0.05) is 30.3 Å². The molecule has 0 amide bonds. The van der Waals surface area contributed by atoms with Crippen molar-refractivity contribution in [2.75, 3.05) is 12.4 Å². The van der Waals surface area contributed by atoms with E-state index in [1.807, 2.05) is 43.6 Å². The van der Waals surface area contributed by atoms with Crippen molar-refractivity contribution in [3.05, 3.63) is 48.3 Å². The first kappa shape index (κ1) is 15.6.